The molecule has 0 saturated heterocycles. The molecule has 2 rings (SSSR count). The molecule has 1 aliphatic carbocycles. The maximum absolute atomic E-state index is 13.5. The fourth-order valence-corrected chi connectivity index (χ4v) is 2.10. The maximum atomic E-state index is 13.5. The first-order valence-corrected chi connectivity index (χ1v) is 4.73. The second kappa shape index (κ2) is 3.11. The lowest BCUT2D eigenvalue weighted by Crippen LogP contribution is -2.19. The minimum Gasteiger partial charge on any atom is -0.324 e. The van der Waals surface area contributed by atoms with Gasteiger partial charge in [0.1, 0.15) is 5.82 Å². The Morgan fingerprint density at radius 2 is 2.23 bits per heavy atom. The van der Waals surface area contributed by atoms with E-state index >= 15 is 0 Å². The molecule has 0 heterocycles. The van der Waals surface area contributed by atoms with Gasteiger partial charge in [0.05, 0.1) is 0 Å². The molecule has 0 amide bonds. The Kier molecular flexibility index (Phi) is 2.08. The zero-order valence-electron chi connectivity index (χ0n) is 7.81. The van der Waals surface area contributed by atoms with Gasteiger partial charge in [-0.15, -0.1) is 0 Å². The van der Waals surface area contributed by atoms with Crippen LogP contribution in [-0.2, 0) is 6.42 Å². The zero-order valence-corrected chi connectivity index (χ0v) is 7.81. The summed E-state index contributed by atoms with van der Waals surface area (Å²) in [5, 5.41) is 0. The van der Waals surface area contributed by atoms with E-state index in [-0.39, 0.29) is 11.9 Å². The molecule has 0 bridgehead atoms. The lowest BCUT2D eigenvalue weighted by Gasteiger charge is -2.23. The molecule has 1 aliphatic rings. The minimum absolute atomic E-state index is 0.0932. The van der Waals surface area contributed by atoms with Crippen LogP contribution in [-0.4, -0.2) is 0 Å². The van der Waals surface area contributed by atoms with Gasteiger partial charge in [-0.1, -0.05) is 6.07 Å². The van der Waals surface area contributed by atoms with E-state index in [1.54, 1.807) is 6.07 Å². The van der Waals surface area contributed by atoms with Crippen LogP contribution < -0.4 is 5.73 Å². The molecule has 0 spiro atoms. The molecule has 0 aliphatic heterocycles. The predicted octanol–water partition coefficient (Wildman–Crippen LogP) is 2.47. The van der Waals surface area contributed by atoms with Gasteiger partial charge < -0.3 is 5.73 Å². The van der Waals surface area contributed by atoms with E-state index in [1.165, 1.54) is 0 Å². The lowest BCUT2D eigenvalue weighted by atomic mass is 9.87. The van der Waals surface area contributed by atoms with Crippen LogP contribution in [0.2, 0.25) is 0 Å². The SMILES string of the molecule is Cc1cc(F)c2c(c1)CCC[C@@H]2N. The van der Waals surface area contributed by atoms with E-state index < -0.39 is 0 Å². The molecular formula is C11H14FN. The number of fused-ring (bicyclic) bond motifs is 1. The summed E-state index contributed by atoms with van der Waals surface area (Å²) in [5.41, 5.74) is 8.70. The third-order valence-corrected chi connectivity index (χ3v) is 2.69. The summed E-state index contributed by atoms with van der Waals surface area (Å²) >= 11 is 0. The highest BCUT2D eigenvalue weighted by Gasteiger charge is 2.20. The van der Waals surface area contributed by atoms with Gasteiger partial charge in [-0.05, 0) is 43.4 Å². The van der Waals surface area contributed by atoms with Crippen LogP contribution in [0.4, 0.5) is 4.39 Å². The largest absolute Gasteiger partial charge is 0.324 e. The Bertz CT molecular complexity index is 333. The molecule has 0 unspecified atom stereocenters. The smallest absolute Gasteiger partial charge is 0.128 e. The predicted molar refractivity (Wildman–Crippen MR) is 51.0 cm³/mol. The van der Waals surface area contributed by atoms with Crippen molar-refractivity contribution in [2.45, 2.75) is 32.2 Å². The minimum atomic E-state index is -0.123. The second-order valence-electron chi connectivity index (χ2n) is 3.82. The number of aryl methyl sites for hydroxylation is 2. The maximum Gasteiger partial charge on any atom is 0.128 e. The standard InChI is InChI=1S/C11H14FN/c1-7-5-8-3-2-4-10(13)11(8)9(12)6-7/h5-6,10H,2-4,13H2,1H3/t10-/m0/s1. The lowest BCUT2D eigenvalue weighted by molar-refractivity contribution is 0.518. The molecule has 70 valence electrons. The van der Waals surface area contributed by atoms with E-state index in [2.05, 4.69) is 6.07 Å². The molecule has 1 aromatic rings. The van der Waals surface area contributed by atoms with Crippen molar-refractivity contribution in [3.63, 3.8) is 0 Å². The van der Waals surface area contributed by atoms with Crippen molar-refractivity contribution in [2.24, 2.45) is 5.73 Å². The van der Waals surface area contributed by atoms with Crippen molar-refractivity contribution in [1.82, 2.24) is 0 Å². The number of benzene rings is 1. The van der Waals surface area contributed by atoms with Gasteiger partial charge in [-0.25, -0.2) is 4.39 Å². The molecule has 0 aromatic heterocycles. The molecule has 13 heavy (non-hydrogen) atoms. The normalized spacial score (nSPS) is 21.3. The number of hydrogen-bond acceptors (Lipinski definition) is 1. The van der Waals surface area contributed by atoms with Crippen LogP contribution in [0.1, 0.15) is 35.6 Å². The quantitative estimate of drug-likeness (QED) is 0.650. The Morgan fingerprint density at radius 3 is 3.00 bits per heavy atom. The Balaban J connectivity index is 2.56. The second-order valence-corrected chi connectivity index (χ2v) is 3.82. The average Bonchev–Trinajstić information content (AvgIpc) is 2.02. The molecular weight excluding hydrogens is 165 g/mol. The monoisotopic (exact) mass is 179 g/mol. The third kappa shape index (κ3) is 1.46. The van der Waals surface area contributed by atoms with Crippen LogP contribution in [0.25, 0.3) is 0 Å². The highest BCUT2D eigenvalue weighted by molar-refractivity contribution is 5.36. The number of halogens is 1. The first-order chi connectivity index (χ1) is 6.18. The highest BCUT2D eigenvalue weighted by atomic mass is 19.1. The van der Waals surface area contributed by atoms with Crippen molar-refractivity contribution < 1.29 is 4.39 Å². The van der Waals surface area contributed by atoms with Crippen LogP contribution in [0.5, 0.6) is 0 Å². The van der Waals surface area contributed by atoms with Crippen molar-refractivity contribution in [3.8, 4) is 0 Å². The van der Waals surface area contributed by atoms with E-state index in [1.807, 2.05) is 6.92 Å². The topological polar surface area (TPSA) is 26.0 Å². The molecule has 1 aromatic carbocycles. The molecule has 1 atom stereocenters. The summed E-state index contributed by atoms with van der Waals surface area (Å²) < 4.78 is 13.5. The Morgan fingerprint density at radius 1 is 1.46 bits per heavy atom. The van der Waals surface area contributed by atoms with Gasteiger partial charge >= 0.3 is 0 Å². The number of rotatable bonds is 0. The Labute approximate surface area is 77.8 Å². The van der Waals surface area contributed by atoms with Crippen LogP contribution in [0.15, 0.2) is 12.1 Å². The van der Waals surface area contributed by atoms with Gasteiger partial charge in [-0.3, -0.25) is 0 Å². The van der Waals surface area contributed by atoms with Gasteiger partial charge in [0, 0.05) is 11.6 Å². The summed E-state index contributed by atoms with van der Waals surface area (Å²) in [6.07, 6.45) is 2.96. The van der Waals surface area contributed by atoms with Crippen molar-refractivity contribution in [3.05, 3.63) is 34.6 Å². The zero-order chi connectivity index (χ0) is 9.42. The molecule has 1 nitrogen and oxygen atoms in total. The molecule has 2 heteroatoms. The third-order valence-electron chi connectivity index (χ3n) is 2.69. The first-order valence-electron chi connectivity index (χ1n) is 4.73. The molecule has 0 radical (unpaired) electrons. The van der Waals surface area contributed by atoms with Gasteiger partial charge in [-0.2, -0.15) is 0 Å². The highest BCUT2D eigenvalue weighted by Crippen LogP contribution is 2.30. The molecule has 2 N–H and O–H groups in total. The summed E-state index contributed by atoms with van der Waals surface area (Å²) in [6.45, 7) is 1.92. The summed E-state index contributed by atoms with van der Waals surface area (Å²) in [5.74, 6) is -0.123. The summed E-state index contributed by atoms with van der Waals surface area (Å²) in [7, 11) is 0. The van der Waals surface area contributed by atoms with Crippen LogP contribution in [0.3, 0.4) is 0 Å². The molecule has 0 saturated carbocycles. The van der Waals surface area contributed by atoms with E-state index in [4.69, 9.17) is 5.73 Å². The number of nitrogens with two attached hydrogens (primary N) is 1. The summed E-state index contributed by atoms with van der Waals surface area (Å²) in [6, 6.07) is 3.53. The van der Waals surface area contributed by atoms with Crippen LogP contribution >= 0.6 is 0 Å². The van der Waals surface area contributed by atoms with Gasteiger partial charge in [0.25, 0.3) is 0 Å². The fraction of sp³-hybridized carbons (Fsp3) is 0.455. The molecule has 0 fully saturated rings. The van der Waals surface area contributed by atoms with Crippen LogP contribution in [0, 0.1) is 12.7 Å². The summed E-state index contributed by atoms with van der Waals surface area (Å²) in [4.78, 5) is 0. The average molecular weight is 179 g/mol. The van der Waals surface area contributed by atoms with E-state index in [0.717, 1.165) is 36.0 Å². The Hall–Kier alpha value is -0.890. The van der Waals surface area contributed by atoms with Gasteiger partial charge in [0.15, 0.2) is 0 Å². The van der Waals surface area contributed by atoms with Crippen molar-refractivity contribution in [1.29, 1.82) is 0 Å². The first kappa shape index (κ1) is 8.70. The van der Waals surface area contributed by atoms with Crippen molar-refractivity contribution >= 4 is 0 Å². The van der Waals surface area contributed by atoms with Crippen molar-refractivity contribution in [2.75, 3.05) is 0 Å². The van der Waals surface area contributed by atoms with Gasteiger partial charge in [0.2, 0.25) is 0 Å². The van der Waals surface area contributed by atoms with E-state index in [0.29, 0.717) is 0 Å². The number of hydrogen-bond donors (Lipinski definition) is 1. The fourth-order valence-electron chi connectivity index (χ4n) is 2.10. The van der Waals surface area contributed by atoms with E-state index in [9.17, 15) is 4.39 Å².